The fraction of sp³-hybridized carbons (Fsp3) is 0.600. The Kier molecular flexibility index (Phi) is 2.46. The maximum Gasteiger partial charge on any atom is 0.162 e. The summed E-state index contributed by atoms with van der Waals surface area (Å²) >= 11 is 0. The molecule has 2 unspecified atom stereocenters. The first-order chi connectivity index (χ1) is 7.71. The Morgan fingerprint density at radius 1 is 1.29 bits per heavy atom. The minimum Gasteiger partial charge on any atom is -0.298 e. The predicted octanol–water partition coefficient (Wildman–Crippen LogP) is 2.94. The van der Waals surface area contributed by atoms with Crippen LogP contribution in [0.25, 0.3) is 0 Å². The van der Waals surface area contributed by atoms with Crippen molar-refractivity contribution in [2.24, 2.45) is 22.7 Å². The molecule has 2 nitrogen and oxygen atoms in total. The number of carbonyl (C=O) groups is 2. The molecule has 0 saturated heterocycles. The summed E-state index contributed by atoms with van der Waals surface area (Å²) in [5.41, 5.74) is -0.395. The molecule has 0 radical (unpaired) electrons. The Morgan fingerprint density at radius 2 is 1.88 bits per heavy atom. The standard InChI is InChI=1S/C15H20O2/c1-9(2)12(16)11-8-10-6-7-15(11,5)13(17)14(10,3)4/h6-10H,1-5H3. The van der Waals surface area contributed by atoms with Gasteiger partial charge in [-0.25, -0.2) is 0 Å². The van der Waals surface area contributed by atoms with Crippen LogP contribution in [0.5, 0.6) is 0 Å². The molecule has 2 heteroatoms. The van der Waals surface area contributed by atoms with Gasteiger partial charge in [-0.15, -0.1) is 0 Å². The number of hydrogen-bond acceptors (Lipinski definition) is 2. The van der Waals surface area contributed by atoms with E-state index < -0.39 is 5.41 Å². The van der Waals surface area contributed by atoms with Crippen LogP contribution in [0.4, 0.5) is 0 Å². The minimum atomic E-state index is -0.709. The summed E-state index contributed by atoms with van der Waals surface area (Å²) in [6.07, 6.45) is 5.99. The van der Waals surface area contributed by atoms with Crippen LogP contribution in [0.1, 0.15) is 34.6 Å². The van der Waals surface area contributed by atoms with Crippen LogP contribution in [0.3, 0.4) is 0 Å². The SMILES string of the molecule is CC(C)C(=O)C1=CC2C=CC1(C)C(=O)C2(C)C. The van der Waals surface area contributed by atoms with Crippen LogP contribution in [0.15, 0.2) is 23.8 Å². The first kappa shape index (κ1) is 12.3. The van der Waals surface area contributed by atoms with Crippen molar-refractivity contribution in [1.82, 2.24) is 0 Å². The first-order valence-corrected chi connectivity index (χ1v) is 6.22. The van der Waals surface area contributed by atoms with E-state index in [9.17, 15) is 9.59 Å². The van der Waals surface area contributed by atoms with E-state index in [0.717, 1.165) is 0 Å². The fourth-order valence-electron chi connectivity index (χ4n) is 2.91. The van der Waals surface area contributed by atoms with Crippen molar-refractivity contribution in [3.05, 3.63) is 23.8 Å². The monoisotopic (exact) mass is 232 g/mol. The molecule has 0 heterocycles. The van der Waals surface area contributed by atoms with Crippen molar-refractivity contribution in [3.63, 3.8) is 0 Å². The highest BCUT2D eigenvalue weighted by atomic mass is 16.1. The highest BCUT2D eigenvalue weighted by molar-refractivity contribution is 6.09. The smallest absolute Gasteiger partial charge is 0.162 e. The number of rotatable bonds is 2. The molecule has 0 amide bonds. The first-order valence-electron chi connectivity index (χ1n) is 6.22. The van der Waals surface area contributed by atoms with Crippen molar-refractivity contribution >= 4 is 11.6 Å². The van der Waals surface area contributed by atoms with E-state index >= 15 is 0 Å². The van der Waals surface area contributed by atoms with Crippen LogP contribution >= 0.6 is 0 Å². The van der Waals surface area contributed by atoms with Crippen LogP contribution in [0, 0.1) is 22.7 Å². The Labute approximate surface area is 103 Å². The third-order valence-corrected chi connectivity index (χ3v) is 4.22. The van der Waals surface area contributed by atoms with Gasteiger partial charge < -0.3 is 0 Å². The molecule has 0 fully saturated rings. The second kappa shape index (κ2) is 3.41. The third-order valence-electron chi connectivity index (χ3n) is 4.22. The van der Waals surface area contributed by atoms with Gasteiger partial charge in [-0.1, -0.05) is 45.9 Å². The van der Waals surface area contributed by atoms with Gasteiger partial charge in [0.25, 0.3) is 0 Å². The average Bonchev–Trinajstić information content (AvgIpc) is 2.25. The van der Waals surface area contributed by atoms with Crippen molar-refractivity contribution in [2.45, 2.75) is 34.6 Å². The van der Waals surface area contributed by atoms with Gasteiger partial charge in [-0.3, -0.25) is 9.59 Å². The van der Waals surface area contributed by atoms with Gasteiger partial charge in [0.15, 0.2) is 11.6 Å². The van der Waals surface area contributed by atoms with Crippen LogP contribution in [-0.2, 0) is 9.59 Å². The molecule has 17 heavy (non-hydrogen) atoms. The summed E-state index contributed by atoms with van der Waals surface area (Å²) in [4.78, 5) is 24.7. The normalized spacial score (nSPS) is 34.1. The lowest BCUT2D eigenvalue weighted by molar-refractivity contribution is -0.138. The van der Waals surface area contributed by atoms with Gasteiger partial charge >= 0.3 is 0 Å². The van der Waals surface area contributed by atoms with E-state index in [1.807, 2.05) is 46.8 Å². The largest absolute Gasteiger partial charge is 0.298 e. The van der Waals surface area contributed by atoms with Crippen molar-refractivity contribution in [1.29, 1.82) is 0 Å². The zero-order valence-corrected chi connectivity index (χ0v) is 11.2. The van der Waals surface area contributed by atoms with E-state index in [1.165, 1.54) is 0 Å². The molecule has 0 aromatic carbocycles. The third kappa shape index (κ3) is 1.46. The van der Waals surface area contributed by atoms with Crippen LogP contribution in [0.2, 0.25) is 0 Å². The van der Waals surface area contributed by atoms with Gasteiger partial charge in [-0.2, -0.15) is 0 Å². The lowest BCUT2D eigenvalue weighted by Crippen LogP contribution is -2.51. The quantitative estimate of drug-likeness (QED) is 0.686. The van der Waals surface area contributed by atoms with Gasteiger partial charge in [0.1, 0.15) is 0 Å². The topological polar surface area (TPSA) is 34.1 Å². The van der Waals surface area contributed by atoms with Gasteiger partial charge in [0.05, 0.1) is 5.41 Å². The fourth-order valence-corrected chi connectivity index (χ4v) is 2.91. The number of Topliss-reactive ketones (excluding diaryl/α,β-unsaturated/α-hetero) is 2. The molecule has 0 saturated carbocycles. The molecule has 3 aliphatic rings. The Balaban J connectivity index is 2.54. The average molecular weight is 232 g/mol. The highest BCUT2D eigenvalue weighted by Gasteiger charge is 2.54. The molecule has 0 aromatic rings. The summed E-state index contributed by atoms with van der Waals surface area (Å²) in [5, 5.41) is 0. The summed E-state index contributed by atoms with van der Waals surface area (Å²) in [5.74, 6) is 0.283. The van der Waals surface area contributed by atoms with E-state index in [4.69, 9.17) is 0 Å². The Morgan fingerprint density at radius 3 is 2.41 bits per heavy atom. The second-order valence-corrected chi connectivity index (χ2v) is 6.24. The van der Waals surface area contributed by atoms with Gasteiger partial charge in [0.2, 0.25) is 0 Å². The second-order valence-electron chi connectivity index (χ2n) is 6.24. The maximum atomic E-state index is 12.5. The molecule has 0 N–H and O–H groups in total. The molecule has 2 bridgehead atoms. The van der Waals surface area contributed by atoms with Gasteiger partial charge in [-0.05, 0) is 6.92 Å². The summed E-state index contributed by atoms with van der Waals surface area (Å²) in [6.45, 7) is 9.57. The number of hydrogen-bond donors (Lipinski definition) is 0. The number of fused-ring (bicyclic) bond motifs is 1. The van der Waals surface area contributed by atoms with E-state index in [1.54, 1.807) is 0 Å². The molecule has 3 aliphatic carbocycles. The molecule has 0 spiro atoms. The zero-order valence-electron chi connectivity index (χ0n) is 11.2. The van der Waals surface area contributed by atoms with Crippen molar-refractivity contribution < 1.29 is 9.59 Å². The Bertz CT molecular complexity index is 452. The van der Waals surface area contributed by atoms with Gasteiger partial charge in [0, 0.05) is 22.8 Å². The lowest BCUT2D eigenvalue weighted by atomic mass is 9.54. The summed E-state index contributed by atoms with van der Waals surface area (Å²) in [6, 6.07) is 0. The number of ketones is 2. The summed E-state index contributed by atoms with van der Waals surface area (Å²) < 4.78 is 0. The molecule has 0 aromatic heterocycles. The van der Waals surface area contributed by atoms with Crippen molar-refractivity contribution in [3.8, 4) is 0 Å². The lowest BCUT2D eigenvalue weighted by Gasteiger charge is -2.47. The molecular formula is C15H20O2. The Hall–Kier alpha value is -1.18. The number of carbonyl (C=O) groups excluding carboxylic acids is 2. The molecule has 92 valence electrons. The predicted molar refractivity (Wildman–Crippen MR) is 67.5 cm³/mol. The molecule has 0 aliphatic heterocycles. The summed E-state index contributed by atoms with van der Waals surface area (Å²) in [7, 11) is 0. The maximum absolute atomic E-state index is 12.5. The van der Waals surface area contributed by atoms with Crippen LogP contribution in [-0.4, -0.2) is 11.6 Å². The zero-order chi connectivity index (χ0) is 13.0. The van der Waals surface area contributed by atoms with E-state index in [-0.39, 0.29) is 28.8 Å². The van der Waals surface area contributed by atoms with E-state index in [0.29, 0.717) is 5.57 Å². The van der Waals surface area contributed by atoms with Crippen LogP contribution < -0.4 is 0 Å². The molecular weight excluding hydrogens is 212 g/mol. The highest BCUT2D eigenvalue weighted by Crippen LogP contribution is 2.52. The molecule has 3 rings (SSSR count). The van der Waals surface area contributed by atoms with Crippen molar-refractivity contribution in [2.75, 3.05) is 0 Å². The van der Waals surface area contributed by atoms with E-state index in [2.05, 4.69) is 6.08 Å². The minimum absolute atomic E-state index is 0.0539. The number of allylic oxidation sites excluding steroid dienone is 4. The molecule has 2 atom stereocenters.